The van der Waals surface area contributed by atoms with Crippen LogP contribution in [0.4, 0.5) is 5.69 Å². The molecule has 9 heteroatoms. The molecule has 0 spiro atoms. The van der Waals surface area contributed by atoms with Crippen LogP contribution in [0, 0.1) is 16.0 Å². The molecule has 0 saturated carbocycles. The third kappa shape index (κ3) is 5.46. The fourth-order valence-electron chi connectivity index (χ4n) is 2.96. The van der Waals surface area contributed by atoms with Gasteiger partial charge in [0.2, 0.25) is 10.0 Å². The van der Waals surface area contributed by atoms with E-state index in [1.165, 1.54) is 24.3 Å². The molecule has 0 bridgehead atoms. The molecule has 0 aromatic heterocycles. The Hall–Kier alpha value is -1.55. The summed E-state index contributed by atoms with van der Waals surface area (Å²) in [7, 11) is -3.90. The van der Waals surface area contributed by atoms with Gasteiger partial charge in [-0.3, -0.25) is 10.1 Å². The number of nitrogens with one attached hydrogen (secondary N) is 1. The maximum Gasteiger partial charge on any atom is 0.289 e. The van der Waals surface area contributed by atoms with E-state index in [2.05, 4.69) is 21.4 Å². The van der Waals surface area contributed by atoms with Crippen LogP contribution >= 0.6 is 0 Å². The first-order valence-electron chi connectivity index (χ1n) is 8.51. The van der Waals surface area contributed by atoms with Crippen LogP contribution in [0.5, 0.6) is 0 Å². The zero-order chi connectivity index (χ0) is 18.4. The number of sulfonamides is 1. The number of rotatable bonds is 8. The molecule has 1 saturated heterocycles. The Balaban J connectivity index is 1.91. The first kappa shape index (κ1) is 19.8. The lowest BCUT2D eigenvalue weighted by Gasteiger charge is -2.35. The predicted molar refractivity (Wildman–Crippen MR) is 96.0 cm³/mol. The molecule has 8 nitrogen and oxygen atoms in total. The van der Waals surface area contributed by atoms with Crippen molar-refractivity contribution in [1.82, 2.24) is 14.5 Å². The highest BCUT2D eigenvalue weighted by atomic mass is 32.2. The minimum absolute atomic E-state index is 0.116. The van der Waals surface area contributed by atoms with E-state index in [1.54, 1.807) is 0 Å². The summed E-state index contributed by atoms with van der Waals surface area (Å²) in [4.78, 5) is 14.8. The van der Waals surface area contributed by atoms with Gasteiger partial charge >= 0.3 is 0 Å². The van der Waals surface area contributed by atoms with Crippen LogP contribution in [0.15, 0.2) is 29.2 Å². The molecule has 1 aromatic carbocycles. The Morgan fingerprint density at radius 2 is 1.80 bits per heavy atom. The number of benzene rings is 1. The van der Waals surface area contributed by atoms with E-state index in [9.17, 15) is 18.5 Å². The van der Waals surface area contributed by atoms with Gasteiger partial charge in [0.25, 0.3) is 5.69 Å². The summed E-state index contributed by atoms with van der Waals surface area (Å²) >= 11 is 0. The minimum Gasteiger partial charge on any atom is -0.301 e. The third-order valence-electron chi connectivity index (χ3n) is 4.46. The van der Waals surface area contributed by atoms with Gasteiger partial charge in [-0.2, -0.15) is 0 Å². The van der Waals surface area contributed by atoms with Crippen molar-refractivity contribution in [2.24, 2.45) is 5.92 Å². The fourth-order valence-corrected chi connectivity index (χ4v) is 4.29. The number of hydrogen-bond donors (Lipinski definition) is 1. The normalized spacial score (nSPS) is 18.2. The van der Waals surface area contributed by atoms with Crippen LogP contribution in [0.1, 0.15) is 13.8 Å². The van der Waals surface area contributed by atoms with E-state index in [0.717, 1.165) is 39.3 Å². The van der Waals surface area contributed by atoms with Crippen molar-refractivity contribution in [3.63, 3.8) is 0 Å². The second kappa shape index (κ2) is 8.70. The summed E-state index contributed by atoms with van der Waals surface area (Å²) in [6.45, 7) is 10.3. The number of nitrogens with zero attached hydrogens (tertiary/aromatic N) is 3. The second-order valence-electron chi connectivity index (χ2n) is 6.42. The molecule has 1 aliphatic rings. The molecule has 140 valence electrons. The average Bonchev–Trinajstić information content (AvgIpc) is 2.61. The average molecular weight is 370 g/mol. The van der Waals surface area contributed by atoms with Gasteiger partial charge in [0.15, 0.2) is 4.90 Å². The van der Waals surface area contributed by atoms with Gasteiger partial charge in [-0.05, 0) is 18.5 Å². The van der Waals surface area contributed by atoms with Gasteiger partial charge in [-0.1, -0.05) is 26.0 Å². The van der Waals surface area contributed by atoms with Crippen molar-refractivity contribution in [3.8, 4) is 0 Å². The highest BCUT2D eigenvalue weighted by molar-refractivity contribution is 7.89. The smallest absolute Gasteiger partial charge is 0.289 e. The Bertz CT molecular complexity index is 687. The van der Waals surface area contributed by atoms with E-state index in [4.69, 9.17) is 0 Å². The number of nitro benzene ring substituents is 1. The van der Waals surface area contributed by atoms with Crippen LogP contribution < -0.4 is 4.72 Å². The van der Waals surface area contributed by atoms with Gasteiger partial charge in [-0.25, -0.2) is 13.1 Å². The molecule has 0 radical (unpaired) electrons. The van der Waals surface area contributed by atoms with E-state index >= 15 is 0 Å². The number of likely N-dealkylation sites (N-methyl/N-ethyl adjacent to an activating group) is 1. The van der Waals surface area contributed by atoms with Crippen molar-refractivity contribution >= 4 is 15.7 Å². The standard InChI is InChI=1S/C16H26N4O4S/c1-3-18-8-10-19(11-9-18)13-14(2)12-17-25(23,24)16-7-5-4-6-15(16)20(21)22/h4-7,14,17H,3,8-13H2,1-2H3. The van der Waals surface area contributed by atoms with E-state index in [-0.39, 0.29) is 17.4 Å². The number of hydrogen-bond acceptors (Lipinski definition) is 6. The van der Waals surface area contributed by atoms with Crippen molar-refractivity contribution in [3.05, 3.63) is 34.4 Å². The van der Waals surface area contributed by atoms with Gasteiger partial charge in [-0.15, -0.1) is 0 Å². The first-order chi connectivity index (χ1) is 11.8. The monoisotopic (exact) mass is 370 g/mol. The van der Waals surface area contributed by atoms with Crippen LogP contribution in [-0.4, -0.2) is 69.0 Å². The number of para-hydroxylation sites is 1. The van der Waals surface area contributed by atoms with Crippen LogP contribution in [0.25, 0.3) is 0 Å². The Kier molecular flexibility index (Phi) is 6.88. The molecule has 0 aliphatic carbocycles. The van der Waals surface area contributed by atoms with Crippen LogP contribution in [0.3, 0.4) is 0 Å². The Morgan fingerprint density at radius 1 is 1.20 bits per heavy atom. The zero-order valence-electron chi connectivity index (χ0n) is 14.7. The maximum atomic E-state index is 12.4. The predicted octanol–water partition coefficient (Wildman–Crippen LogP) is 1.15. The van der Waals surface area contributed by atoms with Gasteiger partial charge in [0.1, 0.15) is 0 Å². The quantitative estimate of drug-likeness (QED) is 0.545. The summed E-state index contributed by atoms with van der Waals surface area (Å²) in [6.07, 6.45) is 0. The van der Waals surface area contributed by atoms with E-state index in [0.29, 0.717) is 0 Å². The Morgan fingerprint density at radius 3 is 2.40 bits per heavy atom. The van der Waals surface area contributed by atoms with Crippen molar-refractivity contribution in [2.75, 3.05) is 45.8 Å². The minimum atomic E-state index is -3.90. The molecule has 25 heavy (non-hydrogen) atoms. The van der Waals surface area contributed by atoms with Gasteiger partial charge in [0, 0.05) is 45.3 Å². The molecule has 1 unspecified atom stereocenters. The molecule has 0 amide bonds. The molecule has 1 fully saturated rings. The summed E-state index contributed by atoms with van der Waals surface area (Å²) in [5.74, 6) is 0.116. The molecular formula is C16H26N4O4S. The topological polar surface area (TPSA) is 95.8 Å². The largest absolute Gasteiger partial charge is 0.301 e. The van der Waals surface area contributed by atoms with Crippen molar-refractivity contribution in [1.29, 1.82) is 0 Å². The molecule has 1 aromatic rings. The van der Waals surface area contributed by atoms with E-state index in [1.807, 2.05) is 6.92 Å². The molecule has 1 N–H and O–H groups in total. The van der Waals surface area contributed by atoms with Gasteiger partial charge in [0.05, 0.1) is 4.92 Å². The second-order valence-corrected chi connectivity index (χ2v) is 8.15. The van der Waals surface area contributed by atoms with Crippen molar-refractivity contribution in [2.45, 2.75) is 18.7 Å². The molecule has 1 atom stereocenters. The zero-order valence-corrected chi connectivity index (χ0v) is 15.5. The van der Waals surface area contributed by atoms with Gasteiger partial charge < -0.3 is 9.80 Å². The highest BCUT2D eigenvalue weighted by Gasteiger charge is 2.25. The van der Waals surface area contributed by atoms with Crippen molar-refractivity contribution < 1.29 is 13.3 Å². The molecule has 2 rings (SSSR count). The number of piperazine rings is 1. The Labute approximate surface area is 149 Å². The molecule has 1 heterocycles. The molecular weight excluding hydrogens is 344 g/mol. The van der Waals surface area contributed by atoms with Crippen LogP contribution in [-0.2, 0) is 10.0 Å². The first-order valence-corrected chi connectivity index (χ1v) is 9.99. The lowest BCUT2D eigenvalue weighted by Crippen LogP contribution is -2.48. The maximum absolute atomic E-state index is 12.4. The highest BCUT2D eigenvalue weighted by Crippen LogP contribution is 2.22. The van der Waals surface area contributed by atoms with Crippen LogP contribution in [0.2, 0.25) is 0 Å². The van der Waals surface area contributed by atoms with E-state index < -0.39 is 20.6 Å². The summed E-state index contributed by atoms with van der Waals surface area (Å²) in [5.41, 5.74) is -0.404. The molecule has 1 aliphatic heterocycles. The SMILES string of the molecule is CCN1CCN(CC(C)CNS(=O)(=O)c2ccccc2[N+](=O)[O-])CC1. The lowest BCUT2D eigenvalue weighted by molar-refractivity contribution is -0.387. The summed E-state index contributed by atoms with van der Waals surface area (Å²) < 4.78 is 27.3. The fraction of sp³-hybridized carbons (Fsp3) is 0.625. The summed E-state index contributed by atoms with van der Waals surface area (Å²) in [6, 6.07) is 5.40. The third-order valence-corrected chi connectivity index (χ3v) is 5.93. The summed E-state index contributed by atoms with van der Waals surface area (Å²) in [5, 5.41) is 11.0. The number of nitro groups is 1. The lowest BCUT2D eigenvalue weighted by atomic mass is 10.1.